The van der Waals surface area contributed by atoms with Crippen molar-refractivity contribution in [2.24, 2.45) is 5.10 Å². The number of hydrogen-bond donors (Lipinski definition) is 0. The number of amides is 1. The summed E-state index contributed by atoms with van der Waals surface area (Å²) in [6.07, 6.45) is -0.873. The van der Waals surface area contributed by atoms with Gasteiger partial charge in [0.1, 0.15) is 0 Å². The van der Waals surface area contributed by atoms with Gasteiger partial charge in [0.05, 0.1) is 0 Å². The molecule has 1 atom stereocenters. The molecule has 0 aliphatic carbocycles. The van der Waals surface area contributed by atoms with E-state index in [1.807, 2.05) is 18.2 Å². The van der Waals surface area contributed by atoms with E-state index in [1.165, 1.54) is 37.9 Å². The topological polar surface area (TPSA) is 94.5 Å². The highest BCUT2D eigenvalue weighted by Crippen LogP contribution is 2.36. The minimum atomic E-state index is -0.873. The number of hydrogen-bond acceptors (Lipinski definition) is 7. The molecule has 2 aromatic rings. The van der Waals surface area contributed by atoms with Gasteiger partial charge in [-0.1, -0.05) is 22.0 Å². The van der Waals surface area contributed by atoms with Crippen molar-refractivity contribution in [3.05, 3.63) is 58.1 Å². The molecule has 0 N–H and O–H groups in total. The van der Waals surface area contributed by atoms with Crippen LogP contribution in [0.25, 0.3) is 0 Å². The maximum Gasteiger partial charge on any atom is 0.308 e. The first kappa shape index (κ1) is 20.5. The molecule has 1 amide bonds. The van der Waals surface area contributed by atoms with Crippen LogP contribution in [0.2, 0.25) is 0 Å². The van der Waals surface area contributed by atoms with Gasteiger partial charge in [0.15, 0.2) is 11.5 Å². The van der Waals surface area contributed by atoms with Gasteiger partial charge in [-0.05, 0) is 36.4 Å². The monoisotopic (exact) mass is 460 g/mol. The van der Waals surface area contributed by atoms with E-state index in [-0.39, 0.29) is 23.3 Å². The second-order valence-electron chi connectivity index (χ2n) is 6.14. The molecular formula is C20H17BrN2O6. The van der Waals surface area contributed by atoms with Gasteiger partial charge in [0.25, 0.3) is 0 Å². The molecule has 0 radical (unpaired) electrons. The van der Waals surface area contributed by atoms with Gasteiger partial charge in [0, 0.05) is 36.4 Å². The van der Waals surface area contributed by atoms with Crippen LogP contribution in [-0.4, -0.2) is 28.8 Å². The van der Waals surface area contributed by atoms with Crippen molar-refractivity contribution in [1.29, 1.82) is 0 Å². The Labute approximate surface area is 175 Å². The second kappa shape index (κ2) is 8.44. The molecule has 9 heteroatoms. The first-order valence-electron chi connectivity index (χ1n) is 8.56. The van der Waals surface area contributed by atoms with Gasteiger partial charge >= 0.3 is 11.9 Å². The van der Waals surface area contributed by atoms with Crippen molar-refractivity contribution in [1.82, 2.24) is 5.01 Å². The molecule has 1 heterocycles. The molecule has 1 aliphatic heterocycles. The molecule has 150 valence electrons. The molecule has 3 rings (SSSR count). The summed E-state index contributed by atoms with van der Waals surface area (Å²) in [5.41, 5.74) is 1.17. The third-order valence-electron chi connectivity index (χ3n) is 3.80. The molecule has 0 saturated carbocycles. The summed E-state index contributed by atoms with van der Waals surface area (Å²) < 4.78 is 17.0. The predicted molar refractivity (Wildman–Crippen MR) is 106 cm³/mol. The van der Waals surface area contributed by atoms with Gasteiger partial charge < -0.3 is 14.2 Å². The summed E-state index contributed by atoms with van der Waals surface area (Å²) in [5.74, 6) is -1.10. The van der Waals surface area contributed by atoms with E-state index in [2.05, 4.69) is 21.0 Å². The Morgan fingerprint density at radius 2 is 1.69 bits per heavy atom. The zero-order chi connectivity index (χ0) is 21.1. The average Bonchev–Trinajstić information content (AvgIpc) is 3.08. The van der Waals surface area contributed by atoms with Gasteiger partial charge in [-0.25, -0.2) is 0 Å². The molecule has 0 bridgehead atoms. The summed E-state index contributed by atoms with van der Waals surface area (Å²) in [6.45, 7) is 3.83. The molecule has 2 aromatic carbocycles. The number of ether oxygens (including phenoxy) is 3. The van der Waals surface area contributed by atoms with Gasteiger partial charge in [-0.3, -0.25) is 14.4 Å². The summed E-state index contributed by atoms with van der Waals surface area (Å²) >= 11 is 3.39. The van der Waals surface area contributed by atoms with Crippen molar-refractivity contribution >= 4 is 39.7 Å². The van der Waals surface area contributed by atoms with Crippen LogP contribution in [0.5, 0.6) is 11.5 Å². The fourth-order valence-corrected chi connectivity index (χ4v) is 3.07. The normalized spacial score (nSPS) is 15.4. The van der Waals surface area contributed by atoms with Crippen LogP contribution in [0.4, 0.5) is 0 Å². The number of carbonyl (C=O) groups is 3. The van der Waals surface area contributed by atoms with E-state index < -0.39 is 18.2 Å². The Balaban J connectivity index is 1.97. The maximum absolute atomic E-state index is 12.1. The van der Waals surface area contributed by atoms with Crippen molar-refractivity contribution < 1.29 is 28.6 Å². The van der Waals surface area contributed by atoms with E-state index in [9.17, 15) is 14.4 Å². The fourth-order valence-electron chi connectivity index (χ4n) is 2.67. The molecule has 0 saturated heterocycles. The first-order valence-corrected chi connectivity index (χ1v) is 9.35. The van der Waals surface area contributed by atoms with E-state index in [4.69, 9.17) is 14.2 Å². The van der Waals surface area contributed by atoms with Crippen molar-refractivity contribution in [2.75, 3.05) is 0 Å². The molecule has 0 spiro atoms. The van der Waals surface area contributed by atoms with Crippen LogP contribution in [0, 0.1) is 0 Å². The Morgan fingerprint density at radius 3 is 2.31 bits per heavy atom. The van der Waals surface area contributed by atoms with E-state index in [1.54, 1.807) is 12.1 Å². The summed E-state index contributed by atoms with van der Waals surface area (Å²) in [5, 5.41) is 5.47. The summed E-state index contributed by atoms with van der Waals surface area (Å²) in [7, 11) is 0. The van der Waals surface area contributed by atoms with E-state index >= 15 is 0 Å². The summed E-state index contributed by atoms with van der Waals surface area (Å²) in [4.78, 5) is 34.9. The standard InChI is InChI=1S/C20H17BrN2O6/c1-11(24)23-20(29-19(22-23)14-5-4-6-16(21)9-14)15-7-8-17(27-12(2)25)18(10-15)28-13(3)26/h4-10,20H,1-3H3/t20-/m0/s1. The lowest BCUT2D eigenvalue weighted by molar-refractivity contribution is -0.135. The number of rotatable bonds is 4. The predicted octanol–water partition coefficient (Wildman–Crippen LogP) is 3.54. The first-order chi connectivity index (χ1) is 13.7. The van der Waals surface area contributed by atoms with Crippen molar-refractivity contribution in [3.8, 4) is 11.5 Å². The zero-order valence-corrected chi connectivity index (χ0v) is 17.4. The number of carbonyl (C=O) groups excluding carboxylic acids is 3. The molecule has 8 nitrogen and oxygen atoms in total. The summed E-state index contributed by atoms with van der Waals surface area (Å²) in [6, 6.07) is 11.8. The Kier molecular flexibility index (Phi) is 5.97. The molecule has 29 heavy (non-hydrogen) atoms. The van der Waals surface area contributed by atoms with Crippen molar-refractivity contribution in [2.45, 2.75) is 27.0 Å². The largest absolute Gasteiger partial charge is 0.446 e. The zero-order valence-electron chi connectivity index (χ0n) is 15.8. The van der Waals surface area contributed by atoms with Crippen molar-refractivity contribution in [3.63, 3.8) is 0 Å². The van der Waals surface area contributed by atoms with Gasteiger partial charge in [0.2, 0.25) is 18.0 Å². The molecule has 0 aromatic heterocycles. The quantitative estimate of drug-likeness (QED) is 0.511. The van der Waals surface area contributed by atoms with Crippen LogP contribution < -0.4 is 9.47 Å². The SMILES string of the molecule is CC(=O)Oc1ccc([C@@H]2OC(c3cccc(Br)c3)=NN2C(C)=O)cc1OC(C)=O. The maximum atomic E-state index is 12.1. The van der Waals surface area contributed by atoms with Gasteiger partial charge in [-0.2, -0.15) is 5.01 Å². The lowest BCUT2D eigenvalue weighted by atomic mass is 10.1. The smallest absolute Gasteiger partial charge is 0.308 e. The van der Waals surface area contributed by atoms with Crippen LogP contribution in [0.1, 0.15) is 38.1 Å². The van der Waals surface area contributed by atoms with E-state index in [0.717, 1.165) is 4.47 Å². The number of esters is 2. The lowest BCUT2D eigenvalue weighted by Gasteiger charge is -2.20. The average molecular weight is 461 g/mol. The molecular weight excluding hydrogens is 444 g/mol. The minimum Gasteiger partial charge on any atom is -0.446 e. The van der Waals surface area contributed by atoms with E-state index in [0.29, 0.717) is 11.1 Å². The minimum absolute atomic E-state index is 0.0354. The fraction of sp³-hybridized carbons (Fsp3) is 0.200. The second-order valence-corrected chi connectivity index (χ2v) is 7.06. The molecule has 0 fully saturated rings. The highest BCUT2D eigenvalue weighted by Gasteiger charge is 2.34. The van der Waals surface area contributed by atoms with Crippen LogP contribution in [-0.2, 0) is 19.1 Å². The Morgan fingerprint density at radius 1 is 1.00 bits per heavy atom. The van der Waals surface area contributed by atoms with Crippen LogP contribution >= 0.6 is 15.9 Å². The molecule has 0 unspecified atom stereocenters. The van der Waals surface area contributed by atoms with Crippen LogP contribution in [0.15, 0.2) is 52.0 Å². The number of benzene rings is 2. The van der Waals surface area contributed by atoms with Gasteiger partial charge in [-0.15, -0.1) is 5.10 Å². The highest BCUT2D eigenvalue weighted by molar-refractivity contribution is 9.10. The number of hydrazone groups is 1. The highest BCUT2D eigenvalue weighted by atomic mass is 79.9. The third kappa shape index (κ3) is 4.80. The number of halogens is 1. The number of nitrogens with zero attached hydrogens (tertiary/aromatic N) is 2. The third-order valence-corrected chi connectivity index (χ3v) is 4.29. The molecule has 1 aliphatic rings. The van der Waals surface area contributed by atoms with Crippen LogP contribution in [0.3, 0.4) is 0 Å². The Hall–Kier alpha value is -3.20. The lowest BCUT2D eigenvalue weighted by Crippen LogP contribution is -2.25. The Bertz CT molecular complexity index is 1020.